The van der Waals surface area contributed by atoms with Gasteiger partial charge in [0.05, 0.1) is 22.9 Å². The monoisotopic (exact) mass is 505 g/mol. The highest BCUT2D eigenvalue weighted by Crippen LogP contribution is 2.27. The number of benzene rings is 4. The number of carbonyl (C=O) groups excluding carboxylic acids is 3. The van der Waals surface area contributed by atoms with Gasteiger partial charge in [-0.3, -0.25) is 24.1 Å². The first-order valence-electron chi connectivity index (χ1n) is 11.9. The molecule has 0 atom stereocenters. The molecule has 186 valence electrons. The van der Waals surface area contributed by atoms with Crippen LogP contribution in [-0.4, -0.2) is 29.2 Å². The zero-order chi connectivity index (χ0) is 26.2. The molecule has 0 spiro atoms. The Morgan fingerprint density at radius 3 is 2.21 bits per heavy atom. The quantitative estimate of drug-likeness (QED) is 0.175. The van der Waals surface area contributed by atoms with Crippen LogP contribution in [0.1, 0.15) is 27.1 Å². The standard InChI is InChI=1S/C30H19NO7/c32-27(13-14-31-29(34)22-7-3-4-8-23(22)30(31)35)38-21-11-12-24-25(16-21)36-17-26(28(24)33)37-20-10-9-18-5-1-2-6-19(18)15-20/h1-12,15-17H,13-14H2. The van der Waals surface area contributed by atoms with Crippen molar-refractivity contribution >= 4 is 39.5 Å². The Morgan fingerprint density at radius 1 is 0.763 bits per heavy atom. The number of hydrogen-bond donors (Lipinski definition) is 0. The molecule has 0 fully saturated rings. The molecule has 2 amide bonds. The van der Waals surface area contributed by atoms with Gasteiger partial charge >= 0.3 is 5.97 Å². The highest BCUT2D eigenvalue weighted by molar-refractivity contribution is 6.21. The molecule has 1 aromatic heterocycles. The molecule has 38 heavy (non-hydrogen) atoms. The van der Waals surface area contributed by atoms with Crippen molar-refractivity contribution in [3.8, 4) is 17.2 Å². The fraction of sp³-hybridized carbons (Fsp3) is 0.0667. The average Bonchev–Trinajstić information content (AvgIpc) is 3.18. The van der Waals surface area contributed by atoms with Crippen LogP contribution in [0.5, 0.6) is 17.2 Å². The van der Waals surface area contributed by atoms with Crippen LogP contribution in [0.4, 0.5) is 0 Å². The van der Waals surface area contributed by atoms with E-state index in [1.54, 1.807) is 30.3 Å². The van der Waals surface area contributed by atoms with E-state index in [1.165, 1.54) is 24.5 Å². The third-order valence-corrected chi connectivity index (χ3v) is 6.31. The summed E-state index contributed by atoms with van der Waals surface area (Å²) in [6.45, 7) is -0.108. The molecule has 8 nitrogen and oxygen atoms in total. The van der Waals surface area contributed by atoms with E-state index < -0.39 is 17.8 Å². The molecule has 0 radical (unpaired) electrons. The van der Waals surface area contributed by atoms with Crippen molar-refractivity contribution in [3.05, 3.63) is 113 Å². The molecule has 0 unspecified atom stereocenters. The summed E-state index contributed by atoms with van der Waals surface area (Å²) in [5, 5.41) is 2.29. The zero-order valence-corrected chi connectivity index (χ0v) is 19.9. The number of ether oxygens (including phenoxy) is 2. The summed E-state index contributed by atoms with van der Waals surface area (Å²) in [6.07, 6.45) is 1.03. The Kier molecular flexibility index (Phi) is 5.69. The Hall–Kier alpha value is -5.24. The van der Waals surface area contributed by atoms with Crippen molar-refractivity contribution in [1.82, 2.24) is 4.90 Å². The molecular formula is C30H19NO7. The maximum atomic E-state index is 13.0. The molecule has 0 aliphatic carbocycles. The Morgan fingerprint density at radius 2 is 1.45 bits per heavy atom. The van der Waals surface area contributed by atoms with Gasteiger partial charge < -0.3 is 13.9 Å². The first-order valence-corrected chi connectivity index (χ1v) is 11.9. The van der Waals surface area contributed by atoms with Gasteiger partial charge in [0, 0.05) is 12.6 Å². The van der Waals surface area contributed by atoms with Crippen LogP contribution in [0.3, 0.4) is 0 Å². The molecular weight excluding hydrogens is 486 g/mol. The van der Waals surface area contributed by atoms with Crippen LogP contribution in [0.15, 0.2) is 100 Å². The molecule has 0 bridgehead atoms. The van der Waals surface area contributed by atoms with Gasteiger partial charge in [-0.25, -0.2) is 0 Å². The van der Waals surface area contributed by atoms with Crippen LogP contribution in [0.25, 0.3) is 21.7 Å². The number of fused-ring (bicyclic) bond motifs is 3. The van der Waals surface area contributed by atoms with Gasteiger partial charge in [-0.2, -0.15) is 0 Å². The second-order valence-corrected chi connectivity index (χ2v) is 8.73. The summed E-state index contributed by atoms with van der Waals surface area (Å²) in [6, 6.07) is 24.2. The fourth-order valence-corrected chi connectivity index (χ4v) is 4.41. The van der Waals surface area contributed by atoms with E-state index in [4.69, 9.17) is 13.9 Å². The number of rotatable bonds is 6. The Balaban J connectivity index is 1.14. The minimum atomic E-state index is -0.639. The summed E-state index contributed by atoms with van der Waals surface area (Å²) in [5.74, 6) is -0.826. The van der Waals surface area contributed by atoms with Gasteiger partial charge in [0.1, 0.15) is 23.3 Å². The van der Waals surface area contributed by atoms with Crippen LogP contribution < -0.4 is 14.9 Å². The second kappa shape index (κ2) is 9.33. The van der Waals surface area contributed by atoms with Crippen LogP contribution >= 0.6 is 0 Å². The number of carbonyl (C=O) groups is 3. The predicted molar refractivity (Wildman–Crippen MR) is 139 cm³/mol. The van der Waals surface area contributed by atoms with Crippen molar-refractivity contribution in [1.29, 1.82) is 0 Å². The lowest BCUT2D eigenvalue weighted by molar-refractivity contribution is -0.134. The number of nitrogens with zero attached hydrogens (tertiary/aromatic N) is 1. The summed E-state index contributed by atoms with van der Waals surface area (Å²) in [4.78, 5) is 51.3. The summed E-state index contributed by atoms with van der Waals surface area (Å²) in [7, 11) is 0. The Bertz CT molecular complexity index is 1790. The molecule has 0 saturated heterocycles. The van der Waals surface area contributed by atoms with E-state index in [-0.39, 0.29) is 40.9 Å². The fourth-order valence-electron chi connectivity index (χ4n) is 4.41. The van der Waals surface area contributed by atoms with Crippen LogP contribution in [-0.2, 0) is 4.79 Å². The first kappa shape index (κ1) is 23.2. The number of hydrogen-bond acceptors (Lipinski definition) is 7. The predicted octanol–water partition coefficient (Wildman–Crippen LogP) is 5.33. The van der Waals surface area contributed by atoms with E-state index in [0.717, 1.165) is 15.7 Å². The van der Waals surface area contributed by atoms with Gasteiger partial charge in [0.2, 0.25) is 11.2 Å². The maximum Gasteiger partial charge on any atom is 0.313 e. The normalized spacial score (nSPS) is 12.7. The van der Waals surface area contributed by atoms with E-state index in [1.807, 2.05) is 36.4 Å². The molecule has 6 rings (SSSR count). The molecule has 0 N–H and O–H groups in total. The molecule has 1 aliphatic heterocycles. The van der Waals surface area contributed by atoms with Crippen molar-refractivity contribution in [2.24, 2.45) is 0 Å². The van der Waals surface area contributed by atoms with E-state index in [0.29, 0.717) is 16.9 Å². The maximum absolute atomic E-state index is 13.0. The summed E-state index contributed by atoms with van der Waals surface area (Å²) in [5.41, 5.74) is 0.480. The number of amides is 2. The average molecular weight is 505 g/mol. The molecule has 1 aliphatic rings. The molecule has 4 aromatic carbocycles. The van der Waals surface area contributed by atoms with Crippen molar-refractivity contribution in [3.63, 3.8) is 0 Å². The molecule has 2 heterocycles. The third-order valence-electron chi connectivity index (χ3n) is 6.31. The van der Waals surface area contributed by atoms with Gasteiger partial charge in [0.25, 0.3) is 11.8 Å². The SMILES string of the molecule is O=C(CCN1C(=O)c2ccccc2C1=O)Oc1ccc2c(=O)c(Oc3ccc4ccccc4c3)coc2c1. The van der Waals surface area contributed by atoms with Crippen molar-refractivity contribution in [2.45, 2.75) is 6.42 Å². The largest absolute Gasteiger partial charge is 0.460 e. The first-order chi connectivity index (χ1) is 18.5. The number of imide groups is 1. The lowest BCUT2D eigenvalue weighted by Crippen LogP contribution is -2.32. The van der Waals surface area contributed by atoms with Crippen molar-refractivity contribution in [2.75, 3.05) is 6.54 Å². The van der Waals surface area contributed by atoms with Crippen LogP contribution in [0.2, 0.25) is 0 Å². The van der Waals surface area contributed by atoms with E-state index in [9.17, 15) is 19.2 Å². The smallest absolute Gasteiger partial charge is 0.313 e. The molecule has 0 saturated carbocycles. The molecule has 5 aromatic rings. The second-order valence-electron chi connectivity index (χ2n) is 8.73. The van der Waals surface area contributed by atoms with E-state index >= 15 is 0 Å². The highest BCUT2D eigenvalue weighted by Gasteiger charge is 2.35. The lowest BCUT2D eigenvalue weighted by Gasteiger charge is -2.13. The van der Waals surface area contributed by atoms with Gasteiger partial charge in [-0.15, -0.1) is 0 Å². The van der Waals surface area contributed by atoms with Crippen LogP contribution in [0, 0.1) is 0 Å². The minimum Gasteiger partial charge on any atom is -0.460 e. The zero-order valence-electron chi connectivity index (χ0n) is 19.9. The Labute approximate surface area is 215 Å². The topological polar surface area (TPSA) is 103 Å². The highest BCUT2D eigenvalue weighted by atomic mass is 16.5. The lowest BCUT2D eigenvalue weighted by atomic mass is 10.1. The van der Waals surface area contributed by atoms with Gasteiger partial charge in [-0.1, -0.05) is 42.5 Å². The van der Waals surface area contributed by atoms with Gasteiger partial charge in [0.15, 0.2) is 0 Å². The number of esters is 1. The third kappa shape index (κ3) is 4.18. The van der Waals surface area contributed by atoms with Crippen molar-refractivity contribution < 1.29 is 28.3 Å². The molecule has 8 heteroatoms. The summed E-state index contributed by atoms with van der Waals surface area (Å²) < 4.78 is 16.7. The summed E-state index contributed by atoms with van der Waals surface area (Å²) >= 11 is 0. The van der Waals surface area contributed by atoms with E-state index in [2.05, 4.69) is 0 Å². The van der Waals surface area contributed by atoms with Gasteiger partial charge in [-0.05, 0) is 47.2 Å². The minimum absolute atomic E-state index is 0.0264.